The molecule has 1 aliphatic rings. The molecule has 1 N–H and O–H groups in total. The molecule has 0 saturated heterocycles. The van der Waals surface area contributed by atoms with Crippen LogP contribution < -0.4 is 4.72 Å². The zero-order chi connectivity index (χ0) is 18.0. The molecule has 2 aromatic heterocycles. The minimum Gasteiger partial charge on any atom is -0.361 e. The van der Waals surface area contributed by atoms with Crippen LogP contribution in [0.25, 0.3) is 0 Å². The first-order valence-electron chi connectivity index (χ1n) is 8.53. The van der Waals surface area contributed by atoms with Gasteiger partial charge in [0.2, 0.25) is 10.0 Å². The first-order valence-corrected chi connectivity index (χ1v) is 10.2. The van der Waals surface area contributed by atoms with Crippen LogP contribution in [0.2, 0.25) is 0 Å². The molecule has 0 radical (unpaired) electrons. The summed E-state index contributed by atoms with van der Waals surface area (Å²) in [4.78, 5) is 2.34. The van der Waals surface area contributed by atoms with Gasteiger partial charge >= 0.3 is 0 Å². The number of aryl methyl sites for hydroxylation is 2. The number of sulfonamides is 1. The zero-order valence-corrected chi connectivity index (χ0v) is 15.7. The molecule has 1 atom stereocenters. The van der Waals surface area contributed by atoms with Crippen LogP contribution in [0.4, 0.5) is 0 Å². The zero-order valence-electron chi connectivity index (χ0n) is 14.9. The molecule has 0 spiro atoms. The third-order valence-corrected chi connectivity index (χ3v) is 6.10. The van der Waals surface area contributed by atoms with Crippen LogP contribution in [-0.4, -0.2) is 47.1 Å². The molecule has 3 rings (SSSR count). The second kappa shape index (κ2) is 7.27. The van der Waals surface area contributed by atoms with E-state index in [9.17, 15) is 8.42 Å². The second-order valence-electron chi connectivity index (χ2n) is 6.48. The molecular weight excluding hydrogens is 342 g/mol. The maximum absolute atomic E-state index is 11.6. The number of nitrogens with one attached hydrogen (secondary N) is 1. The Hall–Kier alpha value is -1.71. The maximum atomic E-state index is 11.6. The summed E-state index contributed by atoms with van der Waals surface area (Å²) in [6.07, 6.45) is 2.50. The van der Waals surface area contributed by atoms with E-state index in [2.05, 4.69) is 19.9 Å². The Morgan fingerprint density at radius 2 is 2.20 bits per heavy atom. The maximum Gasteiger partial charge on any atom is 0.211 e. The van der Waals surface area contributed by atoms with Gasteiger partial charge in [0.25, 0.3) is 0 Å². The number of rotatable bonds is 7. The van der Waals surface area contributed by atoms with Crippen LogP contribution in [0.3, 0.4) is 0 Å². The Balaban J connectivity index is 1.69. The Kier molecular flexibility index (Phi) is 5.26. The molecule has 3 heterocycles. The first-order chi connectivity index (χ1) is 11.9. The molecule has 0 fully saturated rings. The van der Waals surface area contributed by atoms with Crippen molar-refractivity contribution in [2.75, 3.05) is 18.8 Å². The molecule has 138 valence electrons. The van der Waals surface area contributed by atoms with E-state index in [1.54, 1.807) is 13.1 Å². The number of aromatic nitrogens is 3. The number of nitrogens with zero attached hydrogens (tertiary/aromatic N) is 4. The van der Waals surface area contributed by atoms with E-state index in [0.717, 1.165) is 42.3 Å². The highest BCUT2D eigenvalue weighted by Gasteiger charge is 2.27. The molecule has 8 nitrogen and oxygen atoms in total. The van der Waals surface area contributed by atoms with Crippen molar-refractivity contribution in [3.05, 3.63) is 35.0 Å². The van der Waals surface area contributed by atoms with Gasteiger partial charge in [-0.05, 0) is 33.3 Å². The smallest absolute Gasteiger partial charge is 0.211 e. The highest BCUT2D eigenvalue weighted by molar-refractivity contribution is 7.89. The lowest BCUT2D eigenvalue weighted by molar-refractivity contribution is 0.161. The van der Waals surface area contributed by atoms with E-state index < -0.39 is 10.0 Å². The number of hydrogen-bond donors (Lipinski definition) is 1. The fourth-order valence-corrected chi connectivity index (χ4v) is 3.87. The highest BCUT2D eigenvalue weighted by Crippen LogP contribution is 2.25. The van der Waals surface area contributed by atoms with E-state index in [1.165, 1.54) is 0 Å². The van der Waals surface area contributed by atoms with E-state index >= 15 is 0 Å². The lowest BCUT2D eigenvalue weighted by atomic mass is 10.1. The van der Waals surface area contributed by atoms with Gasteiger partial charge in [-0.3, -0.25) is 9.58 Å². The Labute approximate surface area is 148 Å². The van der Waals surface area contributed by atoms with Crippen LogP contribution in [0.15, 0.2) is 16.8 Å². The largest absolute Gasteiger partial charge is 0.361 e. The molecule has 0 saturated carbocycles. The lowest BCUT2D eigenvalue weighted by Crippen LogP contribution is -2.39. The molecular formula is C16H25N5O3S. The Morgan fingerprint density at radius 3 is 2.88 bits per heavy atom. The standard InChI is InChI=1S/C16H25N5O3S/c1-4-25(22,23)18-8-6-15-10-20(9-14-5-7-17-21(14)15)11-16-12(2)19-24-13(16)3/h5,7,15,18H,4,6,8-11H2,1-3H3/t15-/m1/s1. The van der Waals surface area contributed by atoms with Crippen molar-refractivity contribution in [2.24, 2.45) is 0 Å². The van der Waals surface area contributed by atoms with E-state index in [4.69, 9.17) is 4.52 Å². The van der Waals surface area contributed by atoms with E-state index in [0.29, 0.717) is 13.0 Å². The summed E-state index contributed by atoms with van der Waals surface area (Å²) in [5.41, 5.74) is 3.18. The molecule has 0 aromatic carbocycles. The van der Waals surface area contributed by atoms with Gasteiger partial charge < -0.3 is 4.52 Å². The van der Waals surface area contributed by atoms with Crippen molar-refractivity contribution in [1.82, 2.24) is 24.6 Å². The SMILES string of the molecule is CCS(=O)(=O)NCC[C@@H]1CN(Cc2c(C)noc2C)Cc2ccnn21. The van der Waals surface area contributed by atoms with E-state index in [-0.39, 0.29) is 11.8 Å². The molecule has 1 aliphatic heterocycles. The molecule has 0 aliphatic carbocycles. The van der Waals surface area contributed by atoms with Crippen molar-refractivity contribution < 1.29 is 12.9 Å². The number of fused-ring (bicyclic) bond motifs is 1. The van der Waals surface area contributed by atoms with Gasteiger partial charge in [0.15, 0.2) is 0 Å². The molecule has 9 heteroatoms. The minimum absolute atomic E-state index is 0.100. The van der Waals surface area contributed by atoms with Gasteiger partial charge in [0, 0.05) is 37.9 Å². The molecule has 0 bridgehead atoms. The van der Waals surface area contributed by atoms with Crippen LogP contribution in [0.1, 0.15) is 42.1 Å². The quantitative estimate of drug-likeness (QED) is 0.794. The van der Waals surface area contributed by atoms with Crippen molar-refractivity contribution in [3.63, 3.8) is 0 Å². The first kappa shape index (κ1) is 18.1. The van der Waals surface area contributed by atoms with Crippen LogP contribution >= 0.6 is 0 Å². The van der Waals surface area contributed by atoms with Crippen LogP contribution in [0.5, 0.6) is 0 Å². The topological polar surface area (TPSA) is 93.3 Å². The normalized spacial score (nSPS) is 18.4. The van der Waals surface area contributed by atoms with E-state index in [1.807, 2.05) is 24.6 Å². The summed E-state index contributed by atoms with van der Waals surface area (Å²) in [5, 5.41) is 8.45. The summed E-state index contributed by atoms with van der Waals surface area (Å²) in [6, 6.07) is 2.15. The fourth-order valence-electron chi connectivity index (χ4n) is 3.23. The highest BCUT2D eigenvalue weighted by atomic mass is 32.2. The van der Waals surface area contributed by atoms with Gasteiger partial charge in [-0.1, -0.05) is 5.16 Å². The minimum atomic E-state index is -3.16. The predicted molar refractivity (Wildman–Crippen MR) is 93.4 cm³/mol. The Bertz CT molecular complexity index is 807. The third-order valence-electron chi connectivity index (χ3n) is 4.70. The van der Waals surface area contributed by atoms with Crippen LogP contribution in [-0.2, 0) is 23.1 Å². The number of hydrogen-bond acceptors (Lipinski definition) is 6. The van der Waals surface area contributed by atoms with Gasteiger partial charge in [-0.25, -0.2) is 13.1 Å². The third kappa shape index (κ3) is 4.10. The monoisotopic (exact) mass is 367 g/mol. The average Bonchev–Trinajstić information content (AvgIpc) is 3.16. The second-order valence-corrected chi connectivity index (χ2v) is 8.58. The molecule has 25 heavy (non-hydrogen) atoms. The van der Waals surface area contributed by atoms with Gasteiger partial charge in [-0.15, -0.1) is 0 Å². The summed E-state index contributed by atoms with van der Waals surface area (Å²) >= 11 is 0. The summed E-state index contributed by atoms with van der Waals surface area (Å²) in [7, 11) is -3.16. The van der Waals surface area contributed by atoms with Crippen molar-refractivity contribution in [3.8, 4) is 0 Å². The van der Waals surface area contributed by atoms with Crippen molar-refractivity contribution >= 4 is 10.0 Å². The summed E-state index contributed by atoms with van der Waals surface area (Å²) in [5.74, 6) is 0.951. The molecule has 2 aromatic rings. The lowest BCUT2D eigenvalue weighted by Gasteiger charge is -2.34. The summed E-state index contributed by atoms with van der Waals surface area (Å²) < 4.78 is 33.2. The van der Waals surface area contributed by atoms with Crippen LogP contribution in [0, 0.1) is 13.8 Å². The molecule has 0 unspecified atom stereocenters. The van der Waals surface area contributed by atoms with Gasteiger partial charge in [0.05, 0.1) is 23.2 Å². The van der Waals surface area contributed by atoms with Gasteiger partial charge in [-0.2, -0.15) is 5.10 Å². The van der Waals surface area contributed by atoms with Crippen molar-refractivity contribution in [2.45, 2.75) is 46.3 Å². The summed E-state index contributed by atoms with van der Waals surface area (Å²) in [6.45, 7) is 8.33. The Morgan fingerprint density at radius 1 is 1.40 bits per heavy atom. The fraction of sp³-hybridized carbons (Fsp3) is 0.625. The van der Waals surface area contributed by atoms with Gasteiger partial charge in [0.1, 0.15) is 5.76 Å². The molecule has 0 amide bonds. The predicted octanol–water partition coefficient (Wildman–Crippen LogP) is 1.37. The van der Waals surface area contributed by atoms with Crippen molar-refractivity contribution in [1.29, 1.82) is 0 Å². The average molecular weight is 367 g/mol.